The summed E-state index contributed by atoms with van der Waals surface area (Å²) in [6.45, 7) is 12.3. The van der Waals surface area contributed by atoms with Crippen molar-refractivity contribution in [2.24, 2.45) is 17.8 Å². The first-order valence-corrected chi connectivity index (χ1v) is 9.09. The largest absolute Gasteiger partial charge is 0.459 e. The highest BCUT2D eigenvalue weighted by atomic mass is 16.6. The van der Waals surface area contributed by atoms with Crippen molar-refractivity contribution < 1.29 is 29.3 Å². The Labute approximate surface area is 154 Å². The Morgan fingerprint density at radius 3 is 2.46 bits per heavy atom. The molecule has 0 spiro atoms. The Morgan fingerprint density at radius 2 is 1.92 bits per heavy atom. The molecule has 2 aliphatic rings. The summed E-state index contributed by atoms with van der Waals surface area (Å²) in [5.41, 5.74) is -0.281. The van der Waals surface area contributed by atoms with E-state index in [4.69, 9.17) is 9.47 Å². The molecule has 26 heavy (non-hydrogen) atoms. The first kappa shape index (κ1) is 20.6. The minimum absolute atomic E-state index is 0.103. The third-order valence-corrected chi connectivity index (χ3v) is 6.00. The van der Waals surface area contributed by atoms with E-state index in [1.807, 2.05) is 6.92 Å². The molecule has 0 aliphatic heterocycles. The molecule has 0 unspecified atom stereocenters. The number of esters is 2. The second-order valence-corrected chi connectivity index (χ2v) is 7.88. The number of rotatable bonds is 3. The molecule has 0 heterocycles. The number of aliphatic hydroxyl groups excluding tert-OH is 1. The molecular weight excluding hydrogens is 336 g/mol. The molecule has 6 nitrogen and oxygen atoms in total. The van der Waals surface area contributed by atoms with E-state index in [0.717, 1.165) is 0 Å². The van der Waals surface area contributed by atoms with E-state index in [0.29, 0.717) is 17.6 Å². The summed E-state index contributed by atoms with van der Waals surface area (Å²) in [6, 6.07) is 0. The second kappa shape index (κ2) is 7.53. The number of aliphatic hydroxyl groups is 2. The van der Waals surface area contributed by atoms with Crippen LogP contribution in [-0.4, -0.2) is 46.1 Å². The van der Waals surface area contributed by atoms with Crippen molar-refractivity contribution in [3.8, 4) is 0 Å². The van der Waals surface area contributed by atoms with E-state index < -0.39 is 29.9 Å². The van der Waals surface area contributed by atoms with Crippen LogP contribution in [0.25, 0.3) is 0 Å². The van der Waals surface area contributed by atoms with Crippen LogP contribution < -0.4 is 0 Å². The van der Waals surface area contributed by atoms with Gasteiger partial charge in [0.25, 0.3) is 0 Å². The summed E-state index contributed by atoms with van der Waals surface area (Å²) >= 11 is 0. The maximum atomic E-state index is 12.2. The van der Waals surface area contributed by atoms with Crippen molar-refractivity contribution in [2.45, 2.75) is 71.4 Å². The van der Waals surface area contributed by atoms with Gasteiger partial charge in [-0.15, -0.1) is 0 Å². The zero-order valence-corrected chi connectivity index (χ0v) is 16.2. The van der Waals surface area contributed by atoms with Gasteiger partial charge in [-0.2, -0.15) is 0 Å². The Hall–Kier alpha value is -1.66. The van der Waals surface area contributed by atoms with Crippen LogP contribution in [0.4, 0.5) is 0 Å². The molecular formula is C20H30O6. The van der Waals surface area contributed by atoms with E-state index in [1.54, 1.807) is 26.8 Å². The quantitative estimate of drug-likeness (QED) is 0.452. The molecule has 0 saturated heterocycles. The first-order chi connectivity index (χ1) is 12.0. The Bertz CT molecular complexity index is 620. The standard InChI is InChI=1S/C20H30O6/c1-7-10(2)19(23)26-16-8-14-17(12(16)4)18(25-13(5)21)11(3)15(22)9-20(14,6)24/h7,12,14-18,22,24H,3,8-9H2,1-2,4-6H3/b10-7-/t12-,14-,15-,16+,17+,18+,20-/m0/s1. The number of ether oxygens (including phenoxy) is 2. The average molecular weight is 366 g/mol. The molecule has 146 valence electrons. The number of carbonyl (C=O) groups is 2. The highest BCUT2D eigenvalue weighted by molar-refractivity contribution is 5.87. The number of hydrogen-bond acceptors (Lipinski definition) is 6. The van der Waals surface area contributed by atoms with Gasteiger partial charge in [-0.1, -0.05) is 19.6 Å². The molecule has 2 fully saturated rings. The predicted molar refractivity (Wildman–Crippen MR) is 96.0 cm³/mol. The van der Waals surface area contributed by atoms with Crippen LogP contribution in [0.1, 0.15) is 47.5 Å². The zero-order valence-electron chi connectivity index (χ0n) is 16.2. The molecule has 7 atom stereocenters. The number of carbonyl (C=O) groups excluding carboxylic acids is 2. The summed E-state index contributed by atoms with van der Waals surface area (Å²) in [6.07, 6.45) is 0.155. The van der Waals surface area contributed by atoms with E-state index in [-0.39, 0.29) is 30.1 Å². The van der Waals surface area contributed by atoms with Gasteiger partial charge in [0.05, 0.1) is 11.7 Å². The fraction of sp³-hybridized carbons (Fsp3) is 0.700. The SMILES string of the molecule is C=C1[C@@H](OC(C)=O)[C@@H]2[C@@H](C)[C@H](OC(=O)/C(C)=C\C)C[C@@H]2[C@@](C)(O)C[C@@H]1O. The van der Waals surface area contributed by atoms with Gasteiger partial charge >= 0.3 is 11.9 Å². The van der Waals surface area contributed by atoms with Crippen LogP contribution in [0, 0.1) is 17.8 Å². The van der Waals surface area contributed by atoms with Crippen molar-refractivity contribution in [3.05, 3.63) is 23.8 Å². The normalized spacial score (nSPS) is 40.6. The van der Waals surface area contributed by atoms with Gasteiger partial charge in [-0.3, -0.25) is 4.79 Å². The summed E-state index contributed by atoms with van der Waals surface area (Å²) in [4.78, 5) is 23.8. The van der Waals surface area contributed by atoms with Gasteiger partial charge in [0.2, 0.25) is 0 Å². The number of allylic oxidation sites excluding steroid dienone is 1. The van der Waals surface area contributed by atoms with Gasteiger partial charge in [-0.25, -0.2) is 4.79 Å². The van der Waals surface area contributed by atoms with Crippen molar-refractivity contribution in [3.63, 3.8) is 0 Å². The zero-order chi connectivity index (χ0) is 19.8. The molecule has 0 radical (unpaired) electrons. The molecule has 0 aromatic heterocycles. The van der Waals surface area contributed by atoms with E-state index in [9.17, 15) is 19.8 Å². The minimum atomic E-state index is -1.19. The fourth-order valence-electron chi connectivity index (χ4n) is 4.34. The number of fused-ring (bicyclic) bond motifs is 1. The lowest BCUT2D eigenvalue weighted by Crippen LogP contribution is -2.41. The molecule has 6 heteroatoms. The van der Waals surface area contributed by atoms with E-state index >= 15 is 0 Å². The Balaban J connectivity index is 2.37. The molecule has 2 aliphatic carbocycles. The third kappa shape index (κ3) is 3.86. The van der Waals surface area contributed by atoms with Gasteiger partial charge in [-0.05, 0) is 38.7 Å². The lowest BCUT2D eigenvalue weighted by Gasteiger charge is -2.35. The van der Waals surface area contributed by atoms with Gasteiger partial charge < -0.3 is 19.7 Å². The molecule has 2 rings (SSSR count). The number of hydrogen-bond donors (Lipinski definition) is 2. The highest BCUT2D eigenvalue weighted by Gasteiger charge is 2.57. The lowest BCUT2D eigenvalue weighted by molar-refractivity contribution is -0.152. The second-order valence-electron chi connectivity index (χ2n) is 7.88. The van der Waals surface area contributed by atoms with Crippen molar-refractivity contribution >= 4 is 11.9 Å². The maximum absolute atomic E-state index is 12.2. The summed E-state index contributed by atoms with van der Waals surface area (Å²) in [5, 5.41) is 21.4. The molecule has 0 aromatic carbocycles. The Kier molecular flexibility index (Phi) is 5.98. The summed E-state index contributed by atoms with van der Waals surface area (Å²) in [5.74, 6) is -1.60. The minimum Gasteiger partial charge on any atom is -0.459 e. The van der Waals surface area contributed by atoms with Gasteiger partial charge in [0.1, 0.15) is 12.2 Å². The van der Waals surface area contributed by atoms with Crippen LogP contribution in [-0.2, 0) is 19.1 Å². The molecule has 0 bridgehead atoms. The fourth-order valence-corrected chi connectivity index (χ4v) is 4.34. The van der Waals surface area contributed by atoms with Crippen molar-refractivity contribution in [1.29, 1.82) is 0 Å². The van der Waals surface area contributed by atoms with Crippen LogP contribution in [0.15, 0.2) is 23.8 Å². The van der Waals surface area contributed by atoms with Crippen molar-refractivity contribution in [2.75, 3.05) is 0 Å². The third-order valence-electron chi connectivity index (χ3n) is 6.00. The molecule has 2 N–H and O–H groups in total. The predicted octanol–water partition coefficient (Wildman–Crippen LogP) is 2.14. The topological polar surface area (TPSA) is 93.1 Å². The first-order valence-electron chi connectivity index (χ1n) is 9.09. The summed E-state index contributed by atoms with van der Waals surface area (Å²) < 4.78 is 11.2. The molecule has 0 amide bonds. The monoisotopic (exact) mass is 366 g/mol. The van der Waals surface area contributed by atoms with Crippen LogP contribution in [0.3, 0.4) is 0 Å². The average Bonchev–Trinajstić information content (AvgIpc) is 2.84. The van der Waals surface area contributed by atoms with Gasteiger partial charge in [0, 0.05) is 30.8 Å². The van der Waals surface area contributed by atoms with Crippen LogP contribution in [0.2, 0.25) is 0 Å². The van der Waals surface area contributed by atoms with E-state index in [2.05, 4.69) is 6.58 Å². The highest BCUT2D eigenvalue weighted by Crippen LogP contribution is 2.51. The lowest BCUT2D eigenvalue weighted by atomic mass is 9.77. The van der Waals surface area contributed by atoms with Crippen LogP contribution >= 0.6 is 0 Å². The summed E-state index contributed by atoms with van der Waals surface area (Å²) in [7, 11) is 0. The van der Waals surface area contributed by atoms with Crippen LogP contribution in [0.5, 0.6) is 0 Å². The van der Waals surface area contributed by atoms with E-state index in [1.165, 1.54) is 6.92 Å². The maximum Gasteiger partial charge on any atom is 0.333 e. The molecule has 0 aromatic rings. The van der Waals surface area contributed by atoms with Gasteiger partial charge in [0.15, 0.2) is 0 Å². The van der Waals surface area contributed by atoms with Crippen molar-refractivity contribution in [1.82, 2.24) is 0 Å². The molecule has 2 saturated carbocycles. The Morgan fingerprint density at radius 1 is 1.31 bits per heavy atom. The smallest absolute Gasteiger partial charge is 0.333 e.